The highest BCUT2D eigenvalue weighted by atomic mass is 19.1. The first-order valence-electron chi connectivity index (χ1n) is 6.38. The molecule has 0 bridgehead atoms. The number of hydrogen-bond acceptors (Lipinski definition) is 3. The second kappa shape index (κ2) is 6.23. The Morgan fingerprint density at radius 2 is 2.10 bits per heavy atom. The van der Waals surface area contributed by atoms with E-state index >= 15 is 0 Å². The fraction of sp³-hybridized carbons (Fsp3) is 0.267. The highest BCUT2D eigenvalue weighted by Crippen LogP contribution is 2.21. The Bertz CT molecular complexity index is 616. The van der Waals surface area contributed by atoms with Gasteiger partial charge < -0.3 is 5.11 Å². The van der Waals surface area contributed by atoms with Gasteiger partial charge in [0.15, 0.2) is 0 Å². The summed E-state index contributed by atoms with van der Waals surface area (Å²) in [7, 11) is 0. The minimum atomic E-state index is -1.02. The van der Waals surface area contributed by atoms with Crippen LogP contribution in [0.4, 0.5) is 4.39 Å². The van der Waals surface area contributed by atoms with Crippen molar-refractivity contribution in [3.05, 3.63) is 59.4 Å². The van der Waals surface area contributed by atoms with Crippen molar-refractivity contribution in [2.24, 2.45) is 0 Å². The minimum absolute atomic E-state index is 0.0716. The third kappa shape index (κ3) is 3.17. The van der Waals surface area contributed by atoms with Crippen molar-refractivity contribution in [3.63, 3.8) is 0 Å². The monoisotopic (exact) mass is 274 g/mol. The van der Waals surface area contributed by atoms with Crippen molar-refractivity contribution in [1.82, 2.24) is 9.97 Å². The third-order valence-corrected chi connectivity index (χ3v) is 3.14. The predicted molar refractivity (Wildman–Crippen MR) is 71.9 cm³/mol. The number of hydrogen-bond donors (Lipinski definition) is 1. The Morgan fingerprint density at radius 1 is 1.35 bits per heavy atom. The number of nitrogens with zero attached hydrogens (tertiary/aromatic N) is 2. The molecule has 104 valence electrons. The van der Waals surface area contributed by atoms with Crippen molar-refractivity contribution in [3.8, 4) is 0 Å². The standard InChI is InChI=1S/C15H15FN2O2/c1-2-11-8-14(18-9-17-11)12(15(19)20)7-10-5-3-4-6-13(10)16/h3-6,8-9,12H,2,7H2,1H3,(H,19,20). The van der Waals surface area contributed by atoms with Crippen molar-refractivity contribution >= 4 is 5.97 Å². The topological polar surface area (TPSA) is 63.1 Å². The molecule has 0 amide bonds. The molecule has 0 spiro atoms. The average molecular weight is 274 g/mol. The number of aliphatic carboxylic acids is 1. The lowest BCUT2D eigenvalue weighted by Gasteiger charge is -2.13. The van der Waals surface area contributed by atoms with Crippen molar-refractivity contribution in [1.29, 1.82) is 0 Å². The molecule has 0 aliphatic carbocycles. The van der Waals surface area contributed by atoms with E-state index in [1.807, 2.05) is 6.92 Å². The Labute approximate surface area is 116 Å². The van der Waals surface area contributed by atoms with Crippen LogP contribution in [0.2, 0.25) is 0 Å². The van der Waals surface area contributed by atoms with Crippen LogP contribution < -0.4 is 0 Å². The van der Waals surface area contributed by atoms with Gasteiger partial charge in [0.1, 0.15) is 18.1 Å². The Morgan fingerprint density at radius 3 is 2.75 bits per heavy atom. The van der Waals surface area contributed by atoms with E-state index < -0.39 is 17.7 Å². The Hall–Kier alpha value is -2.30. The lowest BCUT2D eigenvalue weighted by atomic mass is 9.95. The molecule has 0 aliphatic heterocycles. The van der Waals surface area contributed by atoms with Gasteiger partial charge in [-0.15, -0.1) is 0 Å². The molecule has 0 aliphatic rings. The minimum Gasteiger partial charge on any atom is -0.481 e. The number of aryl methyl sites for hydroxylation is 1. The maximum absolute atomic E-state index is 13.6. The quantitative estimate of drug-likeness (QED) is 0.910. The first-order valence-corrected chi connectivity index (χ1v) is 6.38. The summed E-state index contributed by atoms with van der Waals surface area (Å²) >= 11 is 0. The first kappa shape index (κ1) is 14.1. The van der Waals surface area contributed by atoms with Gasteiger partial charge in [0, 0.05) is 5.69 Å². The fourth-order valence-corrected chi connectivity index (χ4v) is 2.00. The van der Waals surface area contributed by atoms with E-state index in [4.69, 9.17) is 0 Å². The molecule has 1 atom stereocenters. The number of carboxylic acid groups (broad SMARTS) is 1. The molecule has 1 unspecified atom stereocenters. The molecular formula is C15H15FN2O2. The number of rotatable bonds is 5. The molecule has 2 aromatic rings. The molecule has 4 nitrogen and oxygen atoms in total. The van der Waals surface area contributed by atoms with Crippen LogP contribution in [0.3, 0.4) is 0 Å². The summed E-state index contributed by atoms with van der Waals surface area (Å²) in [4.78, 5) is 19.5. The van der Waals surface area contributed by atoms with E-state index in [0.29, 0.717) is 17.7 Å². The van der Waals surface area contributed by atoms with Crippen LogP contribution >= 0.6 is 0 Å². The summed E-state index contributed by atoms with van der Waals surface area (Å²) in [5.74, 6) is -2.29. The maximum atomic E-state index is 13.6. The molecule has 5 heteroatoms. The molecule has 0 radical (unpaired) electrons. The molecule has 1 N–H and O–H groups in total. The highest BCUT2D eigenvalue weighted by molar-refractivity contribution is 5.75. The molecule has 0 saturated carbocycles. The number of benzene rings is 1. The van der Waals surface area contributed by atoms with Crippen LogP contribution in [0.25, 0.3) is 0 Å². The van der Waals surface area contributed by atoms with Crippen molar-refractivity contribution in [2.75, 3.05) is 0 Å². The molecule has 2 rings (SSSR count). The van der Waals surface area contributed by atoms with Crippen LogP contribution in [-0.2, 0) is 17.6 Å². The lowest BCUT2D eigenvalue weighted by Crippen LogP contribution is -2.17. The number of carboxylic acids is 1. The normalized spacial score (nSPS) is 12.1. The van der Waals surface area contributed by atoms with Gasteiger partial charge in [-0.05, 0) is 30.5 Å². The van der Waals surface area contributed by atoms with Gasteiger partial charge >= 0.3 is 5.97 Å². The van der Waals surface area contributed by atoms with Gasteiger partial charge in [-0.2, -0.15) is 0 Å². The van der Waals surface area contributed by atoms with E-state index in [2.05, 4.69) is 9.97 Å². The molecule has 20 heavy (non-hydrogen) atoms. The summed E-state index contributed by atoms with van der Waals surface area (Å²) in [5, 5.41) is 9.36. The summed E-state index contributed by atoms with van der Waals surface area (Å²) in [6.07, 6.45) is 2.12. The van der Waals surface area contributed by atoms with Crippen LogP contribution in [0.1, 0.15) is 29.8 Å². The predicted octanol–water partition coefficient (Wildman–Crippen LogP) is 2.59. The molecule has 1 heterocycles. The molecule has 0 fully saturated rings. The number of aromatic nitrogens is 2. The van der Waals surface area contributed by atoms with Gasteiger partial charge in [0.2, 0.25) is 0 Å². The summed E-state index contributed by atoms with van der Waals surface area (Å²) in [6, 6.07) is 7.85. The molecule has 0 saturated heterocycles. The smallest absolute Gasteiger partial charge is 0.312 e. The zero-order valence-corrected chi connectivity index (χ0v) is 11.1. The van der Waals surface area contributed by atoms with Gasteiger partial charge in [-0.25, -0.2) is 14.4 Å². The van der Waals surface area contributed by atoms with E-state index in [9.17, 15) is 14.3 Å². The molecular weight excluding hydrogens is 259 g/mol. The maximum Gasteiger partial charge on any atom is 0.312 e. The molecule has 1 aromatic carbocycles. The zero-order valence-electron chi connectivity index (χ0n) is 11.1. The van der Waals surface area contributed by atoms with Crippen LogP contribution in [-0.4, -0.2) is 21.0 Å². The SMILES string of the molecule is CCc1cc(C(Cc2ccccc2F)C(=O)O)ncn1. The van der Waals surface area contributed by atoms with Crippen LogP contribution in [0.5, 0.6) is 0 Å². The molecule has 1 aromatic heterocycles. The van der Waals surface area contributed by atoms with Crippen molar-refractivity contribution in [2.45, 2.75) is 25.7 Å². The van der Waals surface area contributed by atoms with E-state index in [1.165, 1.54) is 12.4 Å². The van der Waals surface area contributed by atoms with Gasteiger partial charge in [-0.1, -0.05) is 25.1 Å². The fourth-order valence-electron chi connectivity index (χ4n) is 2.00. The second-order valence-corrected chi connectivity index (χ2v) is 4.47. The average Bonchev–Trinajstić information content (AvgIpc) is 2.46. The van der Waals surface area contributed by atoms with E-state index in [1.54, 1.807) is 24.3 Å². The first-order chi connectivity index (χ1) is 9.61. The van der Waals surface area contributed by atoms with Gasteiger partial charge in [-0.3, -0.25) is 4.79 Å². The second-order valence-electron chi connectivity index (χ2n) is 4.47. The summed E-state index contributed by atoms with van der Waals surface area (Å²) < 4.78 is 13.6. The van der Waals surface area contributed by atoms with Crippen LogP contribution in [0.15, 0.2) is 36.7 Å². The lowest BCUT2D eigenvalue weighted by molar-refractivity contribution is -0.138. The van der Waals surface area contributed by atoms with Crippen LogP contribution in [0, 0.1) is 5.82 Å². The third-order valence-electron chi connectivity index (χ3n) is 3.14. The number of halogens is 1. The zero-order chi connectivity index (χ0) is 14.5. The van der Waals surface area contributed by atoms with Gasteiger partial charge in [0.25, 0.3) is 0 Å². The number of carbonyl (C=O) groups is 1. The summed E-state index contributed by atoms with van der Waals surface area (Å²) in [6.45, 7) is 1.93. The Balaban J connectivity index is 2.32. The summed E-state index contributed by atoms with van der Waals surface area (Å²) in [5.41, 5.74) is 1.55. The van der Waals surface area contributed by atoms with Gasteiger partial charge in [0.05, 0.1) is 5.69 Å². The van der Waals surface area contributed by atoms with Crippen molar-refractivity contribution < 1.29 is 14.3 Å². The van der Waals surface area contributed by atoms with E-state index in [0.717, 1.165) is 5.69 Å². The largest absolute Gasteiger partial charge is 0.481 e. The van der Waals surface area contributed by atoms with E-state index in [-0.39, 0.29) is 6.42 Å². The highest BCUT2D eigenvalue weighted by Gasteiger charge is 2.23. The Kier molecular flexibility index (Phi) is 4.40.